The number of hydrogen-bond donors (Lipinski definition) is 0. The van der Waals surface area contributed by atoms with Crippen LogP contribution in [0.5, 0.6) is 11.5 Å². The summed E-state index contributed by atoms with van der Waals surface area (Å²) in [5.41, 5.74) is 0.358. The number of nitro benzene ring substituents is 1. The Hall–Kier alpha value is -2.15. The van der Waals surface area contributed by atoms with Gasteiger partial charge in [0, 0.05) is 4.47 Å². The standard InChI is InChI=1S/C14H11BrFNO4/c1-20-12-2-3-14(13(7-12)17(18)19)21-8-9-4-10(15)6-11(16)5-9/h2-7H,8H2,1H3. The van der Waals surface area contributed by atoms with Crippen molar-refractivity contribution < 1.29 is 18.8 Å². The van der Waals surface area contributed by atoms with Crippen molar-refractivity contribution >= 4 is 21.6 Å². The highest BCUT2D eigenvalue weighted by Crippen LogP contribution is 2.31. The van der Waals surface area contributed by atoms with Crippen LogP contribution in [-0.4, -0.2) is 12.0 Å². The van der Waals surface area contributed by atoms with Crippen molar-refractivity contribution in [1.82, 2.24) is 0 Å². The molecule has 0 aliphatic heterocycles. The van der Waals surface area contributed by atoms with E-state index in [0.29, 0.717) is 15.8 Å². The average molecular weight is 356 g/mol. The first-order valence-corrected chi connectivity index (χ1v) is 6.69. The quantitative estimate of drug-likeness (QED) is 0.598. The molecular weight excluding hydrogens is 345 g/mol. The summed E-state index contributed by atoms with van der Waals surface area (Å²) >= 11 is 3.18. The molecule has 2 aromatic rings. The molecular formula is C14H11BrFNO4. The van der Waals surface area contributed by atoms with Gasteiger partial charge in [0.15, 0.2) is 5.75 Å². The van der Waals surface area contributed by atoms with Crippen molar-refractivity contribution in [2.45, 2.75) is 6.61 Å². The van der Waals surface area contributed by atoms with Crippen molar-refractivity contribution in [2.75, 3.05) is 7.11 Å². The van der Waals surface area contributed by atoms with Crippen LogP contribution in [0.1, 0.15) is 5.56 Å². The first-order valence-electron chi connectivity index (χ1n) is 5.90. The van der Waals surface area contributed by atoms with E-state index in [1.54, 1.807) is 12.1 Å². The van der Waals surface area contributed by atoms with Gasteiger partial charge >= 0.3 is 5.69 Å². The fourth-order valence-electron chi connectivity index (χ4n) is 1.74. The summed E-state index contributed by atoms with van der Waals surface area (Å²) in [4.78, 5) is 10.5. The Morgan fingerprint density at radius 1 is 1.29 bits per heavy atom. The van der Waals surface area contributed by atoms with Crippen molar-refractivity contribution in [3.63, 3.8) is 0 Å². The molecule has 2 aromatic carbocycles. The topological polar surface area (TPSA) is 61.6 Å². The largest absolute Gasteiger partial charge is 0.496 e. The lowest BCUT2D eigenvalue weighted by Gasteiger charge is -2.08. The minimum absolute atomic E-state index is 0.0174. The van der Waals surface area contributed by atoms with Crippen LogP contribution < -0.4 is 9.47 Å². The van der Waals surface area contributed by atoms with Crippen molar-refractivity contribution in [2.24, 2.45) is 0 Å². The zero-order valence-electron chi connectivity index (χ0n) is 11.0. The highest BCUT2D eigenvalue weighted by atomic mass is 79.9. The zero-order valence-corrected chi connectivity index (χ0v) is 12.6. The molecule has 0 fully saturated rings. The third-order valence-corrected chi connectivity index (χ3v) is 3.14. The number of rotatable bonds is 5. The second-order valence-corrected chi connectivity index (χ2v) is 5.07. The van der Waals surface area contributed by atoms with Gasteiger partial charge < -0.3 is 9.47 Å². The third kappa shape index (κ3) is 3.91. The molecule has 0 aromatic heterocycles. The van der Waals surface area contributed by atoms with E-state index in [2.05, 4.69) is 15.9 Å². The van der Waals surface area contributed by atoms with Gasteiger partial charge in [-0.25, -0.2) is 4.39 Å². The highest BCUT2D eigenvalue weighted by molar-refractivity contribution is 9.10. The Morgan fingerprint density at radius 3 is 2.67 bits per heavy atom. The lowest BCUT2D eigenvalue weighted by atomic mass is 10.2. The fourth-order valence-corrected chi connectivity index (χ4v) is 2.26. The molecule has 2 rings (SSSR count). The molecule has 5 nitrogen and oxygen atoms in total. The van der Waals surface area contributed by atoms with Crippen molar-refractivity contribution in [3.05, 3.63) is 62.4 Å². The molecule has 0 saturated heterocycles. The van der Waals surface area contributed by atoms with Crippen LogP contribution in [0.3, 0.4) is 0 Å². The van der Waals surface area contributed by atoms with Crippen LogP contribution in [-0.2, 0) is 6.61 Å². The molecule has 0 amide bonds. The van der Waals surface area contributed by atoms with Gasteiger partial charge in [0.25, 0.3) is 0 Å². The molecule has 7 heteroatoms. The van der Waals surface area contributed by atoms with Gasteiger partial charge in [0.2, 0.25) is 0 Å². The molecule has 0 spiro atoms. The Morgan fingerprint density at radius 2 is 2.05 bits per heavy atom. The maximum absolute atomic E-state index is 13.2. The molecule has 110 valence electrons. The van der Waals surface area contributed by atoms with Crippen LogP contribution in [0.2, 0.25) is 0 Å². The number of hydrogen-bond acceptors (Lipinski definition) is 4. The summed E-state index contributed by atoms with van der Waals surface area (Å²) in [5.74, 6) is 0.0518. The molecule has 0 saturated carbocycles. The van der Waals surface area contributed by atoms with E-state index in [9.17, 15) is 14.5 Å². The number of benzene rings is 2. The van der Waals surface area contributed by atoms with E-state index >= 15 is 0 Å². The maximum Gasteiger partial charge on any atom is 0.314 e. The zero-order chi connectivity index (χ0) is 15.4. The van der Waals surface area contributed by atoms with Gasteiger partial charge in [-0.1, -0.05) is 15.9 Å². The molecule has 0 bridgehead atoms. The molecule has 0 atom stereocenters. The van der Waals surface area contributed by atoms with Crippen LogP contribution in [0.15, 0.2) is 40.9 Å². The summed E-state index contributed by atoms with van der Waals surface area (Å²) in [6.07, 6.45) is 0. The molecule has 21 heavy (non-hydrogen) atoms. The number of nitrogens with zero attached hydrogens (tertiary/aromatic N) is 1. The number of ether oxygens (including phenoxy) is 2. The lowest BCUT2D eigenvalue weighted by Crippen LogP contribution is -2.00. The maximum atomic E-state index is 13.2. The van der Waals surface area contributed by atoms with Gasteiger partial charge in [-0.3, -0.25) is 10.1 Å². The summed E-state index contributed by atoms with van der Waals surface area (Å²) in [6, 6.07) is 8.59. The lowest BCUT2D eigenvalue weighted by molar-refractivity contribution is -0.386. The van der Waals surface area contributed by atoms with Gasteiger partial charge in [0.1, 0.15) is 18.2 Å². The summed E-state index contributed by atoms with van der Waals surface area (Å²) < 4.78 is 24.2. The van der Waals surface area contributed by atoms with E-state index in [4.69, 9.17) is 9.47 Å². The molecule has 0 aliphatic carbocycles. The fraction of sp³-hybridized carbons (Fsp3) is 0.143. The second kappa shape index (κ2) is 6.53. The van der Waals surface area contributed by atoms with Gasteiger partial charge in [-0.2, -0.15) is 0 Å². The SMILES string of the molecule is COc1ccc(OCc2cc(F)cc(Br)c2)c([N+](=O)[O-])c1. The number of nitro groups is 1. The number of halogens is 2. The minimum Gasteiger partial charge on any atom is -0.496 e. The van der Waals surface area contributed by atoms with E-state index in [1.807, 2.05) is 0 Å². The predicted molar refractivity (Wildman–Crippen MR) is 78.1 cm³/mol. The Kier molecular flexibility index (Phi) is 4.74. The Labute approximate surface area is 128 Å². The molecule has 0 N–H and O–H groups in total. The average Bonchev–Trinajstić information content (AvgIpc) is 2.43. The molecule has 0 radical (unpaired) electrons. The van der Waals surface area contributed by atoms with Crippen LogP contribution in [0, 0.1) is 15.9 Å². The monoisotopic (exact) mass is 355 g/mol. The second-order valence-electron chi connectivity index (χ2n) is 4.16. The molecule has 0 aliphatic rings. The van der Waals surface area contributed by atoms with Crippen LogP contribution >= 0.6 is 15.9 Å². The summed E-state index contributed by atoms with van der Waals surface area (Å²) in [6.45, 7) is 0.0174. The minimum atomic E-state index is -0.556. The van der Waals surface area contributed by atoms with E-state index in [0.717, 1.165) is 0 Å². The Balaban J connectivity index is 2.21. The van der Waals surface area contributed by atoms with E-state index < -0.39 is 10.7 Å². The first kappa shape index (κ1) is 15.2. The van der Waals surface area contributed by atoms with Crippen LogP contribution in [0.25, 0.3) is 0 Å². The van der Waals surface area contributed by atoms with E-state index in [1.165, 1.54) is 31.4 Å². The first-order chi connectivity index (χ1) is 9.99. The number of methoxy groups -OCH3 is 1. The van der Waals surface area contributed by atoms with Gasteiger partial charge in [0.05, 0.1) is 18.1 Å². The Bertz CT molecular complexity index is 658. The normalized spacial score (nSPS) is 10.2. The smallest absolute Gasteiger partial charge is 0.314 e. The molecule has 0 unspecified atom stereocenters. The third-order valence-electron chi connectivity index (χ3n) is 2.68. The van der Waals surface area contributed by atoms with E-state index in [-0.39, 0.29) is 18.0 Å². The van der Waals surface area contributed by atoms with Gasteiger partial charge in [-0.15, -0.1) is 0 Å². The highest BCUT2D eigenvalue weighted by Gasteiger charge is 2.16. The van der Waals surface area contributed by atoms with Gasteiger partial charge in [-0.05, 0) is 35.9 Å². The summed E-state index contributed by atoms with van der Waals surface area (Å²) in [5, 5.41) is 11.0. The molecule has 0 heterocycles. The van der Waals surface area contributed by atoms with Crippen LogP contribution in [0.4, 0.5) is 10.1 Å². The summed E-state index contributed by atoms with van der Waals surface area (Å²) in [7, 11) is 1.42. The van der Waals surface area contributed by atoms with Crippen molar-refractivity contribution in [3.8, 4) is 11.5 Å². The predicted octanol–water partition coefficient (Wildman–Crippen LogP) is 4.08. The van der Waals surface area contributed by atoms with Crippen molar-refractivity contribution in [1.29, 1.82) is 0 Å².